The van der Waals surface area contributed by atoms with Crippen LogP contribution in [0.1, 0.15) is 382 Å². The van der Waals surface area contributed by atoms with Crippen LogP contribution in [-0.2, 0) is 62.0 Å². The number of rotatable bonds is 66. The van der Waals surface area contributed by atoms with Gasteiger partial charge in [-0.15, -0.1) is 0 Å². The van der Waals surface area contributed by atoms with Gasteiger partial charge in [0.25, 0.3) is 0 Å². The van der Waals surface area contributed by atoms with E-state index in [2.05, 4.69) is 20.8 Å². The largest absolute Gasteiger partial charge is 0.481 e. The van der Waals surface area contributed by atoms with Gasteiger partial charge >= 0.3 is 53.7 Å². The minimum absolute atomic E-state index is 0.0147. The molecule has 0 saturated heterocycles. The number of aliphatic carboxylic acids is 2. The molecule has 0 aliphatic rings. The Hall–Kier alpha value is -5.55. The lowest BCUT2D eigenvalue weighted by molar-refractivity contribution is -0.153. The van der Waals surface area contributed by atoms with Gasteiger partial charge in [0.2, 0.25) is 0 Å². The van der Waals surface area contributed by atoms with Crippen LogP contribution in [0.5, 0.6) is 0 Å². The number of esters is 6. The van der Waals surface area contributed by atoms with E-state index < -0.39 is 35.8 Å². The molecule has 550 valence electrons. The zero-order valence-corrected chi connectivity index (χ0v) is 60.0. The SMILES string of the molecule is CCCCCCCCCCCCCCCCCC(=O)OCCOC(=O)CCC(=O)O.CCCCCCCCCCCCCCCCCC(=O)OCCOC(=O)CCCC(=O)O.CCCCCCCCCCCCCCCCCC(=O)OCCOC(=O)c1ccccc1C(=O)O. The van der Waals surface area contributed by atoms with Crippen molar-refractivity contribution in [1.29, 1.82) is 0 Å². The van der Waals surface area contributed by atoms with E-state index in [9.17, 15) is 43.2 Å². The maximum absolute atomic E-state index is 12.0. The maximum Gasteiger partial charge on any atom is 0.339 e. The maximum atomic E-state index is 12.0. The van der Waals surface area contributed by atoms with Gasteiger partial charge < -0.3 is 43.7 Å². The molecule has 1 aromatic rings. The van der Waals surface area contributed by atoms with Crippen LogP contribution in [0.15, 0.2) is 24.3 Å². The van der Waals surface area contributed by atoms with Crippen molar-refractivity contribution in [2.24, 2.45) is 0 Å². The van der Waals surface area contributed by atoms with E-state index in [1.54, 1.807) is 12.1 Å². The normalized spacial score (nSPS) is 10.7. The third-order valence-electron chi connectivity index (χ3n) is 16.4. The lowest BCUT2D eigenvalue weighted by atomic mass is 10.0. The molecule has 0 radical (unpaired) electrons. The van der Waals surface area contributed by atoms with Crippen LogP contribution >= 0.6 is 0 Å². The number of ether oxygens (including phenoxy) is 6. The van der Waals surface area contributed by atoms with Gasteiger partial charge in [-0.1, -0.05) is 303 Å². The first-order valence-electron chi connectivity index (χ1n) is 37.9. The van der Waals surface area contributed by atoms with Gasteiger partial charge in [0.15, 0.2) is 0 Å². The molecule has 0 aromatic heterocycles. The van der Waals surface area contributed by atoms with Crippen LogP contribution in [0.25, 0.3) is 0 Å². The summed E-state index contributed by atoms with van der Waals surface area (Å²) in [5.41, 5.74) is -0.128. The molecule has 18 nitrogen and oxygen atoms in total. The van der Waals surface area contributed by atoms with Crippen LogP contribution in [0.3, 0.4) is 0 Å². The summed E-state index contributed by atoms with van der Waals surface area (Å²) < 4.78 is 29.9. The summed E-state index contributed by atoms with van der Waals surface area (Å²) >= 11 is 0. The minimum Gasteiger partial charge on any atom is -0.481 e. The Balaban J connectivity index is 0. The van der Waals surface area contributed by atoms with Crippen molar-refractivity contribution in [2.75, 3.05) is 39.6 Å². The molecule has 0 fully saturated rings. The van der Waals surface area contributed by atoms with E-state index in [4.69, 9.17) is 43.7 Å². The summed E-state index contributed by atoms with van der Waals surface area (Å²) in [5, 5.41) is 26.1. The van der Waals surface area contributed by atoms with E-state index in [0.29, 0.717) is 19.3 Å². The molecule has 18 heteroatoms. The minimum atomic E-state index is -1.19. The Morgan fingerprint density at radius 2 is 0.453 bits per heavy atom. The molecular weight excluding hydrogens is 1210 g/mol. The Bertz CT molecular complexity index is 2020. The van der Waals surface area contributed by atoms with Crippen LogP contribution in [0.4, 0.5) is 0 Å². The first kappa shape index (κ1) is 91.5. The predicted molar refractivity (Wildman–Crippen MR) is 375 cm³/mol. The van der Waals surface area contributed by atoms with Crippen molar-refractivity contribution < 1.29 is 86.9 Å². The molecule has 0 spiro atoms. The first-order chi connectivity index (χ1) is 46.2. The van der Waals surface area contributed by atoms with E-state index in [1.807, 2.05) is 0 Å². The highest BCUT2D eigenvalue weighted by Gasteiger charge is 2.17. The number of hydrogen-bond acceptors (Lipinski definition) is 15. The fourth-order valence-corrected chi connectivity index (χ4v) is 10.7. The lowest BCUT2D eigenvalue weighted by Crippen LogP contribution is -2.16. The molecule has 0 unspecified atom stereocenters. The highest BCUT2D eigenvalue weighted by atomic mass is 16.6. The summed E-state index contributed by atoms with van der Waals surface area (Å²) in [6.07, 6.45) is 58.8. The molecule has 0 atom stereocenters. The Kier molecular flexibility index (Phi) is 70.0. The summed E-state index contributed by atoms with van der Waals surface area (Å²) in [5.74, 6) is -5.77. The molecule has 0 heterocycles. The van der Waals surface area contributed by atoms with E-state index in [-0.39, 0.29) is 101 Å². The van der Waals surface area contributed by atoms with E-state index in [1.165, 1.54) is 250 Å². The third-order valence-corrected chi connectivity index (χ3v) is 16.4. The molecule has 95 heavy (non-hydrogen) atoms. The topological polar surface area (TPSA) is 270 Å². The molecule has 0 aliphatic carbocycles. The molecular formula is C77H134O18. The predicted octanol–water partition coefficient (Wildman–Crippen LogP) is 20.1. The van der Waals surface area contributed by atoms with Gasteiger partial charge in [-0.05, 0) is 37.8 Å². The average Bonchev–Trinajstić information content (AvgIpc) is 1.54. The van der Waals surface area contributed by atoms with E-state index >= 15 is 0 Å². The lowest BCUT2D eigenvalue weighted by Gasteiger charge is -2.08. The summed E-state index contributed by atoms with van der Waals surface area (Å²) in [7, 11) is 0. The number of benzene rings is 1. The number of aromatic carboxylic acids is 1. The number of carbonyl (C=O) groups is 9. The molecule has 0 amide bonds. The van der Waals surface area contributed by atoms with Crippen LogP contribution in [-0.4, -0.2) is 109 Å². The first-order valence-corrected chi connectivity index (χ1v) is 37.9. The zero-order chi connectivity index (χ0) is 70.1. The molecule has 0 bridgehead atoms. The summed E-state index contributed by atoms with van der Waals surface area (Å²) in [4.78, 5) is 101. The molecule has 1 rings (SSSR count). The van der Waals surface area contributed by atoms with Crippen LogP contribution in [0.2, 0.25) is 0 Å². The van der Waals surface area contributed by atoms with Crippen molar-refractivity contribution in [1.82, 2.24) is 0 Å². The Morgan fingerprint density at radius 1 is 0.242 bits per heavy atom. The highest BCUT2D eigenvalue weighted by Crippen LogP contribution is 2.18. The van der Waals surface area contributed by atoms with Crippen molar-refractivity contribution in [3.63, 3.8) is 0 Å². The molecule has 1 aromatic carbocycles. The van der Waals surface area contributed by atoms with Gasteiger partial charge in [-0.2, -0.15) is 0 Å². The monoisotopic (exact) mass is 1350 g/mol. The number of carbonyl (C=O) groups excluding carboxylic acids is 6. The van der Waals surface area contributed by atoms with Crippen molar-refractivity contribution in [3.8, 4) is 0 Å². The Labute approximate surface area is 574 Å². The molecule has 0 aliphatic heterocycles. The number of hydrogen-bond donors (Lipinski definition) is 3. The van der Waals surface area contributed by atoms with Crippen molar-refractivity contribution in [3.05, 3.63) is 35.4 Å². The van der Waals surface area contributed by atoms with Crippen molar-refractivity contribution >= 4 is 53.7 Å². The third kappa shape index (κ3) is 71.1. The second-order valence-electron chi connectivity index (χ2n) is 25.3. The molecule has 0 saturated carbocycles. The van der Waals surface area contributed by atoms with Gasteiger partial charge in [0.05, 0.1) is 24.0 Å². The average molecular weight is 1350 g/mol. The van der Waals surface area contributed by atoms with Crippen LogP contribution in [0, 0.1) is 0 Å². The van der Waals surface area contributed by atoms with Crippen molar-refractivity contribution in [2.45, 2.75) is 361 Å². The Morgan fingerprint density at radius 3 is 0.695 bits per heavy atom. The fourth-order valence-electron chi connectivity index (χ4n) is 10.7. The quantitative estimate of drug-likeness (QED) is 0.0311. The smallest absolute Gasteiger partial charge is 0.339 e. The number of carboxylic acid groups (broad SMARTS) is 3. The van der Waals surface area contributed by atoms with Crippen LogP contribution < -0.4 is 0 Å². The second kappa shape index (κ2) is 72.7. The summed E-state index contributed by atoms with van der Waals surface area (Å²) in [6, 6.07) is 5.85. The van der Waals surface area contributed by atoms with E-state index in [0.717, 1.165) is 51.4 Å². The zero-order valence-electron chi connectivity index (χ0n) is 60.0. The highest BCUT2D eigenvalue weighted by molar-refractivity contribution is 6.02. The standard InChI is InChI=1S/C28H44O6.C25H46O6.C24H44O6/c1-2-3-4-5-6-7-8-9-10-11-12-13-14-15-16-21-26(29)33-22-23-34-28(32)25-20-18-17-19-24(25)27(30)31;1-2-3-4-5-6-7-8-9-10-11-12-13-14-15-16-19-24(28)30-21-22-31-25(29)20-17-18-23(26)27;1-2-3-4-5-6-7-8-9-10-11-12-13-14-15-16-17-23(27)29-20-21-30-24(28)19-18-22(25)26/h17-20H,2-16,21-23H2,1H3,(H,30,31);2-22H2,1H3,(H,26,27);2-21H2,1H3,(H,25,26). The second-order valence-corrected chi connectivity index (χ2v) is 25.3. The van der Waals surface area contributed by atoms with Gasteiger partial charge in [0, 0.05) is 32.1 Å². The number of unbranched alkanes of at least 4 members (excludes halogenated alkanes) is 42. The fraction of sp³-hybridized carbons (Fsp3) is 0.805. The van der Waals surface area contributed by atoms with Gasteiger partial charge in [-0.3, -0.25) is 33.6 Å². The van der Waals surface area contributed by atoms with Gasteiger partial charge in [0.1, 0.15) is 39.6 Å². The summed E-state index contributed by atoms with van der Waals surface area (Å²) in [6.45, 7) is 6.73. The van der Waals surface area contributed by atoms with Gasteiger partial charge in [-0.25, -0.2) is 9.59 Å². The molecule has 3 N–H and O–H groups in total. The number of carboxylic acids is 3.